The number of esters is 2. The fraction of sp³-hybridized carbons (Fsp3) is 0.167. The number of azo groups is 1. The Hall–Kier alpha value is -5.70. The molecule has 0 heterocycles. The fourth-order valence-corrected chi connectivity index (χ4v) is 4.06. The number of carbonyl (C=O) groups excluding carboxylic acids is 2. The van der Waals surface area contributed by atoms with Crippen molar-refractivity contribution in [1.29, 1.82) is 0 Å². The first-order valence-electron chi connectivity index (χ1n) is 14.4. The van der Waals surface area contributed by atoms with Crippen LogP contribution in [0.1, 0.15) is 20.7 Å². The third kappa shape index (κ3) is 10.5. The standard InChI is InChI=1S/C36H35N3O6/c1-3-24-42-33-18-10-28(11-19-33)35(40)44-26-22-39(23-27-45-36(41)29-12-20-34(21-13-29)43-25-4-2)32-16-14-31(15-17-32)38-37-30-8-6-5-7-9-30/h3-21H,1-2,22-27H2. The smallest absolute Gasteiger partial charge is 0.338 e. The predicted octanol–water partition coefficient (Wildman–Crippen LogP) is 7.75. The van der Waals surface area contributed by atoms with E-state index in [0.717, 1.165) is 11.4 Å². The Morgan fingerprint density at radius 3 is 1.49 bits per heavy atom. The molecule has 0 aliphatic heterocycles. The first-order valence-corrected chi connectivity index (χ1v) is 14.4. The lowest BCUT2D eigenvalue weighted by molar-refractivity contribution is 0.0504. The molecular weight excluding hydrogens is 570 g/mol. The van der Waals surface area contributed by atoms with E-state index >= 15 is 0 Å². The first-order chi connectivity index (χ1) is 22.1. The monoisotopic (exact) mass is 605 g/mol. The van der Waals surface area contributed by atoms with Gasteiger partial charge in [0.25, 0.3) is 0 Å². The van der Waals surface area contributed by atoms with Crippen LogP contribution in [0.4, 0.5) is 17.1 Å². The average Bonchev–Trinajstić information content (AvgIpc) is 3.09. The molecule has 0 aliphatic rings. The Morgan fingerprint density at radius 2 is 1.04 bits per heavy atom. The second-order valence-electron chi connectivity index (χ2n) is 9.56. The van der Waals surface area contributed by atoms with Crippen LogP contribution in [0.15, 0.2) is 139 Å². The highest BCUT2D eigenvalue weighted by Gasteiger charge is 2.13. The van der Waals surface area contributed by atoms with Gasteiger partial charge in [0, 0.05) is 5.69 Å². The van der Waals surface area contributed by atoms with Crippen molar-refractivity contribution < 1.29 is 28.5 Å². The van der Waals surface area contributed by atoms with Crippen molar-refractivity contribution in [3.8, 4) is 11.5 Å². The summed E-state index contributed by atoms with van der Waals surface area (Å²) in [6, 6.07) is 30.4. The first kappa shape index (κ1) is 32.2. The van der Waals surface area contributed by atoms with Crippen LogP contribution in [-0.2, 0) is 9.47 Å². The van der Waals surface area contributed by atoms with Gasteiger partial charge in [-0.1, -0.05) is 43.5 Å². The van der Waals surface area contributed by atoms with E-state index in [1.807, 2.05) is 59.5 Å². The van der Waals surface area contributed by atoms with Crippen molar-refractivity contribution in [2.45, 2.75) is 0 Å². The second kappa shape index (κ2) is 17.4. The van der Waals surface area contributed by atoms with Crippen LogP contribution >= 0.6 is 0 Å². The molecule has 0 unspecified atom stereocenters. The molecule has 9 nitrogen and oxygen atoms in total. The van der Waals surface area contributed by atoms with E-state index in [9.17, 15) is 9.59 Å². The molecule has 0 saturated heterocycles. The van der Waals surface area contributed by atoms with Gasteiger partial charge in [-0.3, -0.25) is 0 Å². The number of ether oxygens (including phenoxy) is 4. The molecule has 45 heavy (non-hydrogen) atoms. The summed E-state index contributed by atoms with van der Waals surface area (Å²) in [6.07, 6.45) is 3.30. The number of hydrogen-bond acceptors (Lipinski definition) is 9. The van der Waals surface area contributed by atoms with E-state index in [-0.39, 0.29) is 13.2 Å². The molecule has 0 bridgehead atoms. The summed E-state index contributed by atoms with van der Waals surface area (Å²) in [7, 11) is 0. The molecule has 0 atom stereocenters. The molecule has 0 fully saturated rings. The van der Waals surface area contributed by atoms with Crippen molar-refractivity contribution in [3.63, 3.8) is 0 Å². The maximum absolute atomic E-state index is 12.7. The van der Waals surface area contributed by atoms with E-state index in [4.69, 9.17) is 18.9 Å². The van der Waals surface area contributed by atoms with Crippen molar-refractivity contribution in [1.82, 2.24) is 0 Å². The molecule has 4 aromatic carbocycles. The van der Waals surface area contributed by atoms with Crippen LogP contribution in [0.2, 0.25) is 0 Å². The minimum atomic E-state index is -0.450. The van der Waals surface area contributed by atoms with Crippen molar-refractivity contribution in [2.24, 2.45) is 10.2 Å². The Morgan fingerprint density at radius 1 is 0.600 bits per heavy atom. The zero-order chi connectivity index (χ0) is 31.7. The molecule has 0 saturated carbocycles. The lowest BCUT2D eigenvalue weighted by Gasteiger charge is -2.24. The van der Waals surface area contributed by atoms with Crippen LogP contribution in [0, 0.1) is 0 Å². The van der Waals surface area contributed by atoms with E-state index in [1.165, 1.54) is 0 Å². The summed E-state index contributed by atoms with van der Waals surface area (Å²) in [6.45, 7) is 8.96. The maximum Gasteiger partial charge on any atom is 0.338 e. The number of nitrogens with zero attached hydrogens (tertiary/aromatic N) is 3. The third-order valence-corrected chi connectivity index (χ3v) is 6.36. The minimum Gasteiger partial charge on any atom is -0.490 e. The largest absolute Gasteiger partial charge is 0.490 e. The van der Waals surface area contributed by atoms with Gasteiger partial charge in [0.05, 0.1) is 35.6 Å². The highest BCUT2D eigenvalue weighted by atomic mass is 16.5. The lowest BCUT2D eigenvalue weighted by Crippen LogP contribution is -2.32. The van der Waals surface area contributed by atoms with E-state index in [1.54, 1.807) is 60.7 Å². The topological polar surface area (TPSA) is 99.0 Å². The molecule has 0 amide bonds. The summed E-state index contributed by atoms with van der Waals surface area (Å²) >= 11 is 0. The van der Waals surface area contributed by atoms with Gasteiger partial charge in [0.15, 0.2) is 0 Å². The molecule has 4 aromatic rings. The van der Waals surface area contributed by atoms with Crippen molar-refractivity contribution in [2.75, 3.05) is 44.4 Å². The van der Waals surface area contributed by atoms with Gasteiger partial charge in [-0.2, -0.15) is 10.2 Å². The Labute approximate surface area is 263 Å². The van der Waals surface area contributed by atoms with Crippen LogP contribution < -0.4 is 14.4 Å². The molecule has 0 aliphatic carbocycles. The van der Waals surface area contributed by atoms with E-state index in [0.29, 0.717) is 54.6 Å². The molecule has 9 heteroatoms. The number of carbonyl (C=O) groups is 2. The molecule has 0 radical (unpaired) electrons. The fourth-order valence-electron chi connectivity index (χ4n) is 4.06. The van der Waals surface area contributed by atoms with Crippen LogP contribution in [0.25, 0.3) is 0 Å². The van der Waals surface area contributed by atoms with Gasteiger partial charge in [-0.05, 0) is 84.9 Å². The van der Waals surface area contributed by atoms with Gasteiger partial charge < -0.3 is 23.8 Å². The van der Waals surface area contributed by atoms with Crippen LogP contribution in [-0.4, -0.2) is 51.5 Å². The third-order valence-electron chi connectivity index (χ3n) is 6.36. The maximum atomic E-state index is 12.7. The van der Waals surface area contributed by atoms with Crippen molar-refractivity contribution in [3.05, 3.63) is 140 Å². The number of rotatable bonds is 17. The quantitative estimate of drug-likeness (QED) is 0.0689. The van der Waals surface area contributed by atoms with E-state index in [2.05, 4.69) is 23.4 Å². The Balaban J connectivity index is 1.36. The molecule has 0 spiro atoms. The highest BCUT2D eigenvalue weighted by Crippen LogP contribution is 2.23. The molecular formula is C36H35N3O6. The zero-order valence-corrected chi connectivity index (χ0v) is 24.9. The summed E-state index contributed by atoms with van der Waals surface area (Å²) < 4.78 is 22.0. The number of hydrogen-bond donors (Lipinski definition) is 0. The summed E-state index contributed by atoms with van der Waals surface area (Å²) in [5.74, 6) is 0.370. The van der Waals surface area contributed by atoms with E-state index < -0.39 is 11.9 Å². The molecule has 4 rings (SSSR count). The summed E-state index contributed by atoms with van der Waals surface area (Å²) in [5.41, 5.74) is 3.10. The van der Waals surface area contributed by atoms with Gasteiger partial charge in [0.1, 0.15) is 37.9 Å². The van der Waals surface area contributed by atoms with Gasteiger partial charge in [-0.25, -0.2) is 9.59 Å². The van der Waals surface area contributed by atoms with Gasteiger partial charge >= 0.3 is 11.9 Å². The Bertz CT molecular complexity index is 1480. The summed E-state index contributed by atoms with van der Waals surface area (Å²) in [5, 5.41) is 8.56. The number of benzene rings is 4. The van der Waals surface area contributed by atoms with Crippen molar-refractivity contribution >= 4 is 29.0 Å². The molecule has 0 N–H and O–H groups in total. The molecule has 0 aromatic heterocycles. The van der Waals surface area contributed by atoms with Crippen LogP contribution in [0.3, 0.4) is 0 Å². The second-order valence-corrected chi connectivity index (χ2v) is 9.56. The number of anilines is 1. The average molecular weight is 606 g/mol. The molecule has 230 valence electrons. The highest BCUT2D eigenvalue weighted by molar-refractivity contribution is 5.90. The Kier molecular flexibility index (Phi) is 12.5. The normalized spacial score (nSPS) is 10.6. The minimum absolute atomic E-state index is 0.114. The SMILES string of the molecule is C=CCOc1ccc(C(=O)OCCN(CCOC(=O)c2ccc(OCC=C)cc2)c2ccc(N=Nc3ccccc3)cc2)cc1. The lowest BCUT2D eigenvalue weighted by atomic mass is 10.2. The van der Waals surface area contributed by atoms with Crippen LogP contribution in [0.5, 0.6) is 11.5 Å². The van der Waals surface area contributed by atoms with Gasteiger partial charge in [-0.15, -0.1) is 0 Å². The predicted molar refractivity (Wildman–Crippen MR) is 174 cm³/mol. The summed E-state index contributed by atoms with van der Waals surface area (Å²) in [4.78, 5) is 27.3. The van der Waals surface area contributed by atoms with Gasteiger partial charge in [0.2, 0.25) is 0 Å². The zero-order valence-electron chi connectivity index (χ0n) is 24.9.